The standard InChI is InChI=1S/C18H15NO3/c20-16(9-4-2-1-3-5-9)19-17(21)14-10-6-7-11(13-8-12(10)13)15(14)18(19)22/h1-7,10-15H,8H2/t10-,11-,12-,13+,14-,15+/m0/s1. The van der Waals surface area contributed by atoms with Gasteiger partial charge in [-0.25, -0.2) is 4.90 Å². The van der Waals surface area contributed by atoms with Gasteiger partial charge in [-0.3, -0.25) is 14.4 Å². The Morgan fingerprint density at radius 3 is 2.00 bits per heavy atom. The molecule has 6 rings (SSSR count). The maximum atomic E-state index is 12.8. The van der Waals surface area contributed by atoms with Gasteiger partial charge in [0.05, 0.1) is 11.8 Å². The molecular formula is C18H15NO3. The minimum atomic E-state index is -0.474. The molecule has 0 spiro atoms. The highest BCUT2D eigenvalue weighted by molar-refractivity contribution is 6.21. The van der Waals surface area contributed by atoms with Crippen LogP contribution in [0.2, 0.25) is 0 Å². The lowest BCUT2D eigenvalue weighted by Gasteiger charge is -2.37. The average molecular weight is 293 g/mol. The van der Waals surface area contributed by atoms with Crippen LogP contribution in [0.15, 0.2) is 42.5 Å². The largest absolute Gasteiger partial charge is 0.274 e. The van der Waals surface area contributed by atoms with E-state index in [1.807, 2.05) is 6.07 Å². The molecule has 4 aliphatic carbocycles. The highest BCUT2D eigenvalue weighted by Crippen LogP contribution is 2.65. The van der Waals surface area contributed by atoms with Gasteiger partial charge in [-0.15, -0.1) is 0 Å². The highest BCUT2D eigenvalue weighted by Gasteiger charge is 2.67. The van der Waals surface area contributed by atoms with Crippen LogP contribution < -0.4 is 0 Å². The van der Waals surface area contributed by atoms with Crippen molar-refractivity contribution in [1.29, 1.82) is 0 Å². The second kappa shape index (κ2) is 3.94. The number of allylic oxidation sites excluding steroid dienone is 2. The van der Waals surface area contributed by atoms with Crippen LogP contribution in [-0.4, -0.2) is 22.6 Å². The zero-order valence-corrected chi connectivity index (χ0v) is 11.9. The molecule has 1 saturated heterocycles. The number of benzene rings is 1. The summed E-state index contributed by atoms with van der Waals surface area (Å²) in [6.45, 7) is 0. The fraction of sp³-hybridized carbons (Fsp3) is 0.389. The van der Waals surface area contributed by atoms with E-state index in [0.717, 1.165) is 11.3 Å². The normalized spacial score (nSPS) is 40.6. The number of rotatable bonds is 1. The van der Waals surface area contributed by atoms with Gasteiger partial charge < -0.3 is 0 Å². The highest BCUT2D eigenvalue weighted by atomic mass is 16.2. The summed E-state index contributed by atoms with van der Waals surface area (Å²) in [5.41, 5.74) is 0.397. The molecule has 0 radical (unpaired) electrons. The van der Waals surface area contributed by atoms with Crippen molar-refractivity contribution in [2.24, 2.45) is 35.5 Å². The number of hydrogen-bond donors (Lipinski definition) is 0. The summed E-state index contributed by atoms with van der Waals surface area (Å²) in [6, 6.07) is 8.59. The van der Waals surface area contributed by atoms with Gasteiger partial charge in [-0.05, 0) is 42.2 Å². The van der Waals surface area contributed by atoms with Crippen molar-refractivity contribution in [2.75, 3.05) is 0 Å². The zero-order chi connectivity index (χ0) is 15.0. The van der Waals surface area contributed by atoms with Gasteiger partial charge >= 0.3 is 0 Å². The van der Waals surface area contributed by atoms with Gasteiger partial charge in [0, 0.05) is 5.56 Å². The van der Waals surface area contributed by atoms with Crippen LogP contribution in [0.5, 0.6) is 0 Å². The number of imide groups is 3. The Hall–Kier alpha value is -2.23. The van der Waals surface area contributed by atoms with E-state index < -0.39 is 5.91 Å². The minimum absolute atomic E-state index is 0.157. The second-order valence-corrected chi connectivity index (χ2v) is 6.84. The Morgan fingerprint density at radius 2 is 1.45 bits per heavy atom. The Bertz CT molecular complexity index is 702. The number of hydrogen-bond acceptors (Lipinski definition) is 3. The Morgan fingerprint density at radius 1 is 0.909 bits per heavy atom. The lowest BCUT2D eigenvalue weighted by molar-refractivity contribution is -0.136. The first kappa shape index (κ1) is 12.3. The van der Waals surface area contributed by atoms with E-state index in [2.05, 4.69) is 12.2 Å². The van der Waals surface area contributed by atoms with Gasteiger partial charge in [-0.2, -0.15) is 0 Å². The maximum absolute atomic E-state index is 12.8. The molecule has 1 heterocycles. The topological polar surface area (TPSA) is 54.5 Å². The predicted molar refractivity (Wildman–Crippen MR) is 77.3 cm³/mol. The molecule has 0 aromatic heterocycles. The first-order chi connectivity index (χ1) is 10.7. The number of nitrogens with zero attached hydrogens (tertiary/aromatic N) is 1. The monoisotopic (exact) mass is 293 g/mol. The van der Waals surface area contributed by atoms with Crippen molar-refractivity contribution in [3.05, 3.63) is 48.0 Å². The fourth-order valence-electron chi connectivity index (χ4n) is 4.87. The van der Waals surface area contributed by atoms with Crippen LogP contribution in [0.1, 0.15) is 16.8 Å². The lowest BCUT2D eigenvalue weighted by atomic mass is 9.63. The van der Waals surface area contributed by atoms with Crippen LogP contribution in [-0.2, 0) is 9.59 Å². The predicted octanol–water partition coefficient (Wildman–Crippen LogP) is 1.88. The lowest BCUT2D eigenvalue weighted by Crippen LogP contribution is -2.40. The van der Waals surface area contributed by atoms with E-state index in [-0.39, 0.29) is 35.5 Å². The first-order valence-electron chi connectivity index (χ1n) is 7.84. The molecule has 4 nitrogen and oxygen atoms in total. The van der Waals surface area contributed by atoms with Crippen molar-refractivity contribution in [3.63, 3.8) is 0 Å². The van der Waals surface area contributed by atoms with Crippen LogP contribution >= 0.6 is 0 Å². The molecule has 3 amide bonds. The molecule has 2 bridgehead atoms. The maximum Gasteiger partial charge on any atom is 0.267 e. The van der Waals surface area contributed by atoms with Gasteiger partial charge in [0.15, 0.2) is 0 Å². The van der Waals surface area contributed by atoms with Crippen LogP contribution in [0.4, 0.5) is 0 Å². The van der Waals surface area contributed by atoms with E-state index in [1.54, 1.807) is 24.3 Å². The summed E-state index contributed by atoms with van der Waals surface area (Å²) in [5, 5.41) is 0. The molecular weight excluding hydrogens is 278 g/mol. The second-order valence-electron chi connectivity index (χ2n) is 6.84. The summed E-state index contributed by atoms with van der Waals surface area (Å²) < 4.78 is 0. The van der Waals surface area contributed by atoms with Crippen molar-refractivity contribution < 1.29 is 14.4 Å². The van der Waals surface area contributed by atoms with Crippen molar-refractivity contribution in [2.45, 2.75) is 6.42 Å². The fourth-order valence-corrected chi connectivity index (χ4v) is 4.87. The van der Waals surface area contributed by atoms with E-state index in [0.29, 0.717) is 17.4 Å². The molecule has 0 N–H and O–H groups in total. The number of carbonyl (C=O) groups is 3. The summed E-state index contributed by atoms with van der Waals surface area (Å²) in [4.78, 5) is 39.1. The Balaban J connectivity index is 1.54. The third-order valence-corrected chi connectivity index (χ3v) is 5.89. The molecule has 2 saturated carbocycles. The number of likely N-dealkylation sites (tertiary alicyclic amines) is 1. The SMILES string of the molecule is O=C(c1ccccc1)N1C(=O)[C@@H]2[C@H]3C=C[C@@H]([C@@H]4C[C@H]34)[C@@H]2C1=O. The van der Waals surface area contributed by atoms with Gasteiger partial charge in [0.25, 0.3) is 5.91 Å². The van der Waals surface area contributed by atoms with Crippen molar-refractivity contribution in [3.8, 4) is 0 Å². The Labute approximate surface area is 127 Å². The Kier molecular flexibility index (Phi) is 2.21. The molecule has 110 valence electrons. The summed E-state index contributed by atoms with van der Waals surface area (Å²) in [5.74, 6) is -0.229. The van der Waals surface area contributed by atoms with E-state index in [9.17, 15) is 14.4 Å². The molecule has 22 heavy (non-hydrogen) atoms. The van der Waals surface area contributed by atoms with Gasteiger partial charge in [0.1, 0.15) is 0 Å². The van der Waals surface area contributed by atoms with Crippen molar-refractivity contribution >= 4 is 17.7 Å². The average Bonchev–Trinajstić information content (AvgIpc) is 3.32. The van der Waals surface area contributed by atoms with E-state index in [1.165, 1.54) is 0 Å². The third kappa shape index (κ3) is 1.35. The van der Waals surface area contributed by atoms with Crippen molar-refractivity contribution in [1.82, 2.24) is 4.90 Å². The molecule has 6 atom stereocenters. The summed E-state index contributed by atoms with van der Waals surface area (Å²) >= 11 is 0. The van der Waals surface area contributed by atoms with Crippen LogP contribution in [0.3, 0.4) is 0 Å². The van der Waals surface area contributed by atoms with Gasteiger partial charge in [-0.1, -0.05) is 30.4 Å². The number of amides is 3. The quantitative estimate of drug-likeness (QED) is 0.587. The third-order valence-electron chi connectivity index (χ3n) is 5.89. The first-order valence-corrected chi connectivity index (χ1v) is 7.84. The molecule has 5 aliphatic rings. The smallest absolute Gasteiger partial charge is 0.267 e. The number of carbonyl (C=O) groups excluding carboxylic acids is 3. The van der Waals surface area contributed by atoms with Crippen LogP contribution in [0, 0.1) is 35.5 Å². The summed E-state index contributed by atoms with van der Waals surface area (Å²) in [7, 11) is 0. The molecule has 0 unspecified atom stereocenters. The molecule has 1 aromatic carbocycles. The molecule has 1 aliphatic heterocycles. The zero-order valence-electron chi connectivity index (χ0n) is 11.9. The van der Waals surface area contributed by atoms with E-state index in [4.69, 9.17) is 0 Å². The summed E-state index contributed by atoms with van der Waals surface area (Å²) in [6.07, 6.45) is 5.35. The molecule has 3 fully saturated rings. The molecule has 4 heteroatoms. The van der Waals surface area contributed by atoms with Crippen LogP contribution in [0.25, 0.3) is 0 Å². The van der Waals surface area contributed by atoms with E-state index >= 15 is 0 Å². The minimum Gasteiger partial charge on any atom is -0.274 e. The van der Waals surface area contributed by atoms with Gasteiger partial charge in [0.2, 0.25) is 11.8 Å². The molecule has 1 aromatic rings.